The lowest BCUT2D eigenvalue weighted by atomic mass is 10.0. The van der Waals surface area contributed by atoms with E-state index in [9.17, 15) is 0 Å². The number of para-hydroxylation sites is 1. The van der Waals surface area contributed by atoms with Crippen molar-refractivity contribution >= 4 is 29.9 Å². The molecule has 2 N–H and O–H groups in total. The van der Waals surface area contributed by atoms with Gasteiger partial charge in [0.25, 0.3) is 0 Å². The molecule has 2 rings (SSSR count). The van der Waals surface area contributed by atoms with Crippen LogP contribution in [0.1, 0.15) is 31.4 Å². The summed E-state index contributed by atoms with van der Waals surface area (Å²) in [5, 5.41) is 6.83. The van der Waals surface area contributed by atoms with Crippen molar-refractivity contribution in [3.05, 3.63) is 29.8 Å². The number of halogens is 1. The van der Waals surface area contributed by atoms with Crippen molar-refractivity contribution in [2.75, 3.05) is 47.5 Å². The molecule has 0 aromatic heterocycles. The molecule has 7 heteroatoms. The number of nitrogens with zero attached hydrogens (tertiary/aromatic N) is 2. The fraction of sp³-hybridized carbons (Fsp3) is 0.632. The van der Waals surface area contributed by atoms with Gasteiger partial charge in [0.2, 0.25) is 0 Å². The second-order valence-electron chi connectivity index (χ2n) is 6.45. The Morgan fingerprint density at radius 2 is 1.92 bits per heavy atom. The van der Waals surface area contributed by atoms with Crippen molar-refractivity contribution in [3.8, 4) is 5.75 Å². The van der Waals surface area contributed by atoms with Crippen LogP contribution in [0.3, 0.4) is 0 Å². The Morgan fingerprint density at radius 3 is 2.54 bits per heavy atom. The van der Waals surface area contributed by atoms with Gasteiger partial charge in [-0.3, -0.25) is 9.89 Å². The van der Waals surface area contributed by atoms with E-state index >= 15 is 0 Å². The fourth-order valence-electron chi connectivity index (χ4n) is 3.34. The summed E-state index contributed by atoms with van der Waals surface area (Å²) in [6.07, 6.45) is 2.51. The SMILES string of the molecule is CN=C(NCC(c1ccccc1OC)N1CCCC1)NC(C)COC.I. The lowest BCUT2D eigenvalue weighted by molar-refractivity contribution is 0.178. The molecular formula is C19H33IN4O2. The molecule has 1 heterocycles. The third-order valence-electron chi connectivity index (χ3n) is 4.57. The summed E-state index contributed by atoms with van der Waals surface area (Å²) in [4.78, 5) is 6.86. The van der Waals surface area contributed by atoms with Gasteiger partial charge in [-0.25, -0.2) is 0 Å². The van der Waals surface area contributed by atoms with Crippen LogP contribution < -0.4 is 15.4 Å². The van der Waals surface area contributed by atoms with E-state index in [1.807, 2.05) is 12.1 Å². The van der Waals surface area contributed by atoms with E-state index in [2.05, 4.69) is 39.6 Å². The van der Waals surface area contributed by atoms with E-state index < -0.39 is 0 Å². The van der Waals surface area contributed by atoms with Crippen LogP contribution in [0, 0.1) is 0 Å². The normalized spacial score (nSPS) is 17.3. The first-order valence-corrected chi connectivity index (χ1v) is 9.02. The van der Waals surface area contributed by atoms with Gasteiger partial charge in [-0.15, -0.1) is 24.0 Å². The summed E-state index contributed by atoms with van der Waals surface area (Å²) in [6, 6.07) is 8.75. The first-order chi connectivity index (χ1) is 12.2. The summed E-state index contributed by atoms with van der Waals surface area (Å²) in [7, 11) is 5.24. The Labute approximate surface area is 174 Å². The van der Waals surface area contributed by atoms with Crippen LogP contribution in [0.15, 0.2) is 29.3 Å². The lowest BCUT2D eigenvalue weighted by Crippen LogP contribution is -2.46. The highest BCUT2D eigenvalue weighted by Crippen LogP contribution is 2.31. The molecule has 0 bridgehead atoms. The number of hydrogen-bond donors (Lipinski definition) is 2. The standard InChI is InChI=1S/C19H32N4O2.HI/c1-15(14-24-3)22-19(20-2)21-13-17(23-11-7-8-12-23)16-9-5-6-10-18(16)25-4;/h5-6,9-10,15,17H,7-8,11-14H2,1-4H3,(H2,20,21,22);1H. The van der Waals surface area contributed by atoms with Crippen molar-refractivity contribution in [1.29, 1.82) is 0 Å². The van der Waals surface area contributed by atoms with E-state index in [-0.39, 0.29) is 36.1 Å². The van der Waals surface area contributed by atoms with Crippen molar-refractivity contribution in [3.63, 3.8) is 0 Å². The van der Waals surface area contributed by atoms with Crippen molar-refractivity contribution in [2.45, 2.75) is 31.8 Å². The Hall–Kier alpha value is -1.06. The molecule has 0 saturated carbocycles. The summed E-state index contributed by atoms with van der Waals surface area (Å²) < 4.78 is 10.8. The average Bonchev–Trinajstić information content (AvgIpc) is 3.16. The quantitative estimate of drug-likeness (QED) is 0.343. The number of aliphatic imine (C=N–C) groups is 1. The molecule has 26 heavy (non-hydrogen) atoms. The van der Waals surface area contributed by atoms with Crippen molar-refractivity contribution in [2.24, 2.45) is 4.99 Å². The number of methoxy groups -OCH3 is 2. The molecule has 1 saturated heterocycles. The molecule has 1 aliphatic heterocycles. The van der Waals surface area contributed by atoms with E-state index in [1.165, 1.54) is 18.4 Å². The number of likely N-dealkylation sites (tertiary alicyclic amines) is 1. The molecule has 1 aromatic carbocycles. The van der Waals surface area contributed by atoms with Gasteiger partial charge in [0.15, 0.2) is 5.96 Å². The minimum absolute atomic E-state index is 0. The molecule has 1 aliphatic rings. The summed E-state index contributed by atoms with van der Waals surface area (Å²) in [5.74, 6) is 1.74. The maximum absolute atomic E-state index is 5.60. The van der Waals surface area contributed by atoms with Crippen LogP contribution in [0.5, 0.6) is 5.75 Å². The van der Waals surface area contributed by atoms with Crippen LogP contribution in [0.4, 0.5) is 0 Å². The minimum Gasteiger partial charge on any atom is -0.496 e. The predicted molar refractivity (Wildman–Crippen MR) is 118 cm³/mol. The smallest absolute Gasteiger partial charge is 0.191 e. The summed E-state index contributed by atoms with van der Waals surface area (Å²) >= 11 is 0. The van der Waals surface area contributed by atoms with E-state index in [1.54, 1.807) is 21.3 Å². The third-order valence-corrected chi connectivity index (χ3v) is 4.57. The predicted octanol–water partition coefficient (Wildman–Crippen LogP) is 2.65. The number of nitrogens with one attached hydrogen (secondary N) is 2. The highest BCUT2D eigenvalue weighted by molar-refractivity contribution is 14.0. The Morgan fingerprint density at radius 1 is 1.23 bits per heavy atom. The fourth-order valence-corrected chi connectivity index (χ4v) is 3.34. The first-order valence-electron chi connectivity index (χ1n) is 9.02. The molecule has 148 valence electrons. The van der Waals surface area contributed by atoms with Crippen molar-refractivity contribution < 1.29 is 9.47 Å². The van der Waals surface area contributed by atoms with Crippen LogP contribution >= 0.6 is 24.0 Å². The van der Waals surface area contributed by atoms with Gasteiger partial charge < -0.3 is 20.1 Å². The Kier molecular flexibility index (Phi) is 10.9. The topological polar surface area (TPSA) is 58.1 Å². The van der Waals surface area contributed by atoms with Gasteiger partial charge >= 0.3 is 0 Å². The van der Waals surface area contributed by atoms with Crippen LogP contribution in [0.25, 0.3) is 0 Å². The highest BCUT2D eigenvalue weighted by atomic mass is 127. The molecule has 1 aromatic rings. The molecule has 2 unspecified atom stereocenters. The highest BCUT2D eigenvalue weighted by Gasteiger charge is 2.26. The van der Waals surface area contributed by atoms with Gasteiger partial charge in [-0.2, -0.15) is 0 Å². The van der Waals surface area contributed by atoms with E-state index in [4.69, 9.17) is 9.47 Å². The summed E-state index contributed by atoms with van der Waals surface area (Å²) in [6.45, 7) is 5.74. The molecule has 0 radical (unpaired) electrons. The van der Waals surface area contributed by atoms with Crippen molar-refractivity contribution in [1.82, 2.24) is 15.5 Å². The Balaban J connectivity index is 0.00000338. The number of guanidine groups is 1. The maximum atomic E-state index is 5.60. The molecular weight excluding hydrogens is 443 g/mol. The zero-order valence-corrected chi connectivity index (χ0v) is 18.7. The van der Waals surface area contributed by atoms with Gasteiger partial charge in [-0.1, -0.05) is 18.2 Å². The van der Waals surface area contributed by atoms with E-state index in [0.717, 1.165) is 31.3 Å². The monoisotopic (exact) mass is 476 g/mol. The van der Waals surface area contributed by atoms with E-state index in [0.29, 0.717) is 6.61 Å². The molecule has 0 aliphatic carbocycles. The lowest BCUT2D eigenvalue weighted by Gasteiger charge is -2.30. The number of hydrogen-bond acceptors (Lipinski definition) is 4. The number of ether oxygens (including phenoxy) is 2. The number of rotatable bonds is 8. The second kappa shape index (κ2) is 12.3. The van der Waals surface area contributed by atoms with Crippen LogP contribution in [0.2, 0.25) is 0 Å². The average molecular weight is 476 g/mol. The summed E-state index contributed by atoms with van der Waals surface area (Å²) in [5.41, 5.74) is 1.22. The third kappa shape index (κ3) is 6.59. The van der Waals surface area contributed by atoms with Gasteiger partial charge in [0.05, 0.1) is 19.8 Å². The molecule has 0 spiro atoms. The number of benzene rings is 1. The van der Waals surface area contributed by atoms with Crippen LogP contribution in [-0.2, 0) is 4.74 Å². The van der Waals surface area contributed by atoms with Crippen LogP contribution in [-0.4, -0.2) is 64.4 Å². The van der Waals surface area contributed by atoms with Gasteiger partial charge in [-0.05, 0) is 38.9 Å². The zero-order valence-electron chi connectivity index (χ0n) is 16.3. The molecule has 6 nitrogen and oxygen atoms in total. The Bertz CT molecular complexity index is 550. The first kappa shape index (κ1) is 23.0. The largest absolute Gasteiger partial charge is 0.496 e. The molecule has 0 amide bonds. The van der Waals surface area contributed by atoms with Gasteiger partial charge in [0.1, 0.15) is 5.75 Å². The zero-order chi connectivity index (χ0) is 18.1. The molecule has 2 atom stereocenters. The maximum Gasteiger partial charge on any atom is 0.191 e. The molecule has 1 fully saturated rings. The minimum atomic E-state index is 0. The second-order valence-corrected chi connectivity index (χ2v) is 6.45. The van der Waals surface area contributed by atoms with Gasteiger partial charge in [0, 0.05) is 32.3 Å².